The van der Waals surface area contributed by atoms with Crippen LogP contribution in [-0.4, -0.2) is 35.5 Å². The first-order chi connectivity index (χ1) is 6.80. The van der Waals surface area contributed by atoms with Gasteiger partial charge in [0.15, 0.2) is 0 Å². The fourth-order valence-corrected chi connectivity index (χ4v) is 2.20. The van der Waals surface area contributed by atoms with Crippen molar-refractivity contribution in [3.8, 4) is 0 Å². The minimum atomic E-state index is -0.685. The molecule has 0 aromatic carbocycles. The second-order valence-electron chi connectivity index (χ2n) is 5.38. The van der Waals surface area contributed by atoms with E-state index in [2.05, 4.69) is 6.92 Å². The van der Waals surface area contributed by atoms with E-state index in [1.165, 1.54) is 0 Å². The molecule has 15 heavy (non-hydrogen) atoms. The summed E-state index contributed by atoms with van der Waals surface area (Å²) < 4.78 is 5.12. The molecule has 0 aromatic rings. The molecule has 1 heterocycles. The summed E-state index contributed by atoms with van der Waals surface area (Å²) >= 11 is 0. The third kappa shape index (κ3) is 1.94. The maximum absolute atomic E-state index is 11.5. The molecule has 1 spiro atoms. The van der Waals surface area contributed by atoms with E-state index in [0.717, 1.165) is 0 Å². The summed E-state index contributed by atoms with van der Waals surface area (Å²) in [6.45, 7) is 8.52. The van der Waals surface area contributed by atoms with Crippen molar-refractivity contribution in [2.45, 2.75) is 32.3 Å². The third-order valence-corrected chi connectivity index (χ3v) is 2.82. The number of ether oxygens (including phenoxy) is 1. The molecule has 0 atom stereocenters. The smallest absolute Gasteiger partial charge is 0.403 e. The van der Waals surface area contributed by atoms with Gasteiger partial charge in [0.25, 0.3) is 0 Å². The number of nitrogens with zero attached hydrogens (tertiary/aromatic N) is 1. The Labute approximate surface area is 89.6 Å². The molecule has 4 nitrogen and oxygen atoms in total. The van der Waals surface area contributed by atoms with Gasteiger partial charge in [0, 0.05) is 45.2 Å². The Morgan fingerprint density at radius 1 is 1.47 bits per heavy atom. The second kappa shape index (κ2) is 2.90. The molecular weight excluding hydrogens is 194 g/mol. The van der Waals surface area contributed by atoms with Crippen molar-refractivity contribution in [1.82, 2.24) is 4.90 Å². The van der Waals surface area contributed by atoms with Gasteiger partial charge in [-0.3, -0.25) is 4.79 Å². The van der Waals surface area contributed by atoms with Crippen LogP contribution in [0.2, 0.25) is 0 Å². The molecule has 0 radical (unpaired) electrons. The van der Waals surface area contributed by atoms with Crippen LogP contribution in [0.3, 0.4) is 0 Å². The van der Waals surface area contributed by atoms with Crippen LogP contribution in [0.1, 0.15) is 26.7 Å². The summed E-state index contributed by atoms with van der Waals surface area (Å²) in [5, 5.41) is 0. The summed E-state index contributed by atoms with van der Waals surface area (Å²) in [7, 11) is 0. The molecule has 2 rings (SSSR count). The van der Waals surface area contributed by atoms with Crippen molar-refractivity contribution in [3.05, 3.63) is 6.92 Å². The Balaban J connectivity index is 1.80. The van der Waals surface area contributed by atoms with Gasteiger partial charge in [0.1, 0.15) is 12.7 Å². The van der Waals surface area contributed by atoms with Gasteiger partial charge in [-0.15, -0.1) is 0 Å². The Hall–Kier alpha value is -1.19. The van der Waals surface area contributed by atoms with Crippen LogP contribution >= 0.6 is 0 Å². The number of carbonyl (C=O) groups excluding carboxylic acids is 2. The first-order valence-corrected chi connectivity index (χ1v) is 5.15. The number of ketones is 1. The first-order valence-electron chi connectivity index (χ1n) is 5.15. The number of hydrogen-bond donors (Lipinski definition) is 0. The molecule has 1 saturated carbocycles. The molecule has 0 bridgehead atoms. The topological polar surface area (TPSA) is 46.6 Å². The number of Topliss-reactive ketones (excluding diaryl/α,β-unsaturated/α-hetero) is 1. The van der Waals surface area contributed by atoms with E-state index in [0.29, 0.717) is 31.7 Å². The maximum atomic E-state index is 11.5. The third-order valence-electron chi connectivity index (χ3n) is 2.82. The number of rotatable bonds is 1. The van der Waals surface area contributed by atoms with Gasteiger partial charge in [-0.05, 0) is 0 Å². The zero-order valence-corrected chi connectivity index (χ0v) is 9.21. The van der Waals surface area contributed by atoms with Gasteiger partial charge in [-0.25, -0.2) is 4.79 Å². The number of hydrogen-bond acceptors (Lipinski definition) is 3. The Kier molecular flexibility index (Phi) is 2.00. The molecule has 1 aliphatic heterocycles. The fraction of sp³-hybridized carbons (Fsp3) is 0.727. The lowest BCUT2D eigenvalue weighted by Gasteiger charge is -2.54. The normalized spacial score (nSPS) is 23.3. The monoisotopic (exact) mass is 210 g/mol. The van der Waals surface area contributed by atoms with Crippen LogP contribution < -0.4 is 0 Å². The lowest BCUT2D eigenvalue weighted by molar-refractivity contribution is -0.144. The number of amides is 1. The minimum Gasteiger partial charge on any atom is -0.403 e. The summed E-state index contributed by atoms with van der Waals surface area (Å²) in [5.74, 6) is 0.306. The standard InChI is InChI=1S/C11H16NO3/c1-10(2,3)15-9(14)12-6-11(7-12)4-8(13)5-11/h1,4-7H2,2-3H3/q+1. The first kappa shape index (κ1) is 10.3. The Bertz CT molecular complexity index is 300. The highest BCUT2D eigenvalue weighted by Crippen LogP contribution is 2.46. The molecule has 0 unspecified atom stereocenters. The van der Waals surface area contributed by atoms with Crippen molar-refractivity contribution in [3.63, 3.8) is 0 Å². The fourth-order valence-electron chi connectivity index (χ4n) is 2.20. The van der Waals surface area contributed by atoms with Crippen molar-refractivity contribution >= 4 is 11.9 Å². The van der Waals surface area contributed by atoms with Gasteiger partial charge in [-0.2, -0.15) is 0 Å². The predicted molar refractivity (Wildman–Crippen MR) is 54.2 cm³/mol. The van der Waals surface area contributed by atoms with Gasteiger partial charge in [0.2, 0.25) is 5.60 Å². The highest BCUT2D eigenvalue weighted by Gasteiger charge is 2.54. The minimum absolute atomic E-state index is 0.0986. The van der Waals surface area contributed by atoms with Gasteiger partial charge >= 0.3 is 6.09 Å². The summed E-state index contributed by atoms with van der Waals surface area (Å²) in [6.07, 6.45) is 0.940. The average molecular weight is 210 g/mol. The molecule has 1 aliphatic carbocycles. The van der Waals surface area contributed by atoms with Gasteiger partial charge in [-0.1, -0.05) is 0 Å². The summed E-state index contributed by atoms with van der Waals surface area (Å²) in [4.78, 5) is 24.0. The molecule has 0 N–H and O–H groups in total. The van der Waals surface area contributed by atoms with E-state index >= 15 is 0 Å². The average Bonchev–Trinajstić information content (AvgIpc) is 1.89. The van der Waals surface area contributed by atoms with Crippen LogP contribution in [0.5, 0.6) is 0 Å². The van der Waals surface area contributed by atoms with Crippen molar-refractivity contribution in [2.75, 3.05) is 13.1 Å². The van der Waals surface area contributed by atoms with Crippen molar-refractivity contribution < 1.29 is 14.3 Å². The van der Waals surface area contributed by atoms with E-state index < -0.39 is 5.60 Å². The summed E-state index contributed by atoms with van der Waals surface area (Å²) in [6, 6.07) is 0. The SMILES string of the molecule is [CH2+]C(C)(C)OC(=O)N1CC2(CC(=O)C2)C1. The molecule has 82 valence electrons. The summed E-state index contributed by atoms with van der Waals surface area (Å²) in [5.41, 5.74) is -0.587. The number of carbonyl (C=O) groups is 2. The molecule has 0 aromatic heterocycles. The Morgan fingerprint density at radius 3 is 2.40 bits per heavy atom. The largest absolute Gasteiger partial charge is 0.413 e. The van der Waals surface area contributed by atoms with E-state index in [1.807, 2.05) is 0 Å². The molecule has 2 aliphatic rings. The molecule has 1 saturated heterocycles. The van der Waals surface area contributed by atoms with E-state index in [1.54, 1.807) is 18.7 Å². The highest BCUT2D eigenvalue weighted by molar-refractivity contribution is 5.87. The lowest BCUT2D eigenvalue weighted by Crippen LogP contribution is -2.64. The van der Waals surface area contributed by atoms with E-state index in [9.17, 15) is 9.59 Å². The second-order valence-corrected chi connectivity index (χ2v) is 5.38. The lowest BCUT2D eigenvalue weighted by atomic mass is 9.63. The van der Waals surface area contributed by atoms with Crippen molar-refractivity contribution in [2.24, 2.45) is 5.41 Å². The number of likely N-dealkylation sites (tertiary alicyclic amines) is 1. The molecule has 4 heteroatoms. The van der Waals surface area contributed by atoms with Crippen LogP contribution in [0.25, 0.3) is 0 Å². The van der Waals surface area contributed by atoms with Crippen molar-refractivity contribution in [1.29, 1.82) is 0 Å². The zero-order chi connectivity index (χ0) is 11.3. The van der Waals surface area contributed by atoms with E-state index in [-0.39, 0.29) is 11.5 Å². The predicted octanol–water partition coefficient (Wildman–Crippen LogP) is 1.40. The van der Waals surface area contributed by atoms with Gasteiger partial charge < -0.3 is 9.64 Å². The molecule has 1 amide bonds. The van der Waals surface area contributed by atoms with E-state index in [4.69, 9.17) is 4.74 Å². The highest BCUT2D eigenvalue weighted by atomic mass is 16.6. The van der Waals surface area contributed by atoms with Gasteiger partial charge in [0.05, 0.1) is 0 Å². The quantitative estimate of drug-likeness (QED) is 0.614. The molecular formula is C11H16NO3+. The van der Waals surface area contributed by atoms with Crippen LogP contribution in [0.15, 0.2) is 0 Å². The zero-order valence-electron chi connectivity index (χ0n) is 9.21. The molecule has 2 fully saturated rings. The maximum Gasteiger partial charge on any atom is 0.413 e. The van der Waals surface area contributed by atoms with Crippen LogP contribution in [0, 0.1) is 12.3 Å². The van der Waals surface area contributed by atoms with Crippen LogP contribution in [-0.2, 0) is 9.53 Å². The van der Waals surface area contributed by atoms with Crippen LogP contribution in [0.4, 0.5) is 4.79 Å². The Morgan fingerprint density at radius 2 is 2.00 bits per heavy atom.